The highest BCUT2D eigenvalue weighted by Gasteiger charge is 2.36. The van der Waals surface area contributed by atoms with Crippen molar-refractivity contribution in [2.24, 2.45) is 5.41 Å². The highest BCUT2D eigenvalue weighted by Crippen LogP contribution is 2.43. The topological polar surface area (TPSA) is 58.2 Å². The van der Waals surface area contributed by atoms with Crippen molar-refractivity contribution in [2.75, 3.05) is 6.54 Å². The summed E-state index contributed by atoms with van der Waals surface area (Å²) in [6.45, 7) is 7.59. The molecule has 1 aliphatic rings. The molecule has 21 heavy (non-hydrogen) atoms. The van der Waals surface area contributed by atoms with Gasteiger partial charge in [-0.25, -0.2) is 13.1 Å². The molecule has 0 aromatic carbocycles. The minimum Gasteiger partial charge on any atom is -0.310 e. The lowest BCUT2D eigenvalue weighted by Crippen LogP contribution is -2.41. The van der Waals surface area contributed by atoms with E-state index in [9.17, 15) is 8.42 Å². The van der Waals surface area contributed by atoms with E-state index in [1.807, 2.05) is 5.38 Å². The number of hydrogen-bond donors (Lipinski definition) is 2. The van der Waals surface area contributed by atoms with E-state index in [0.717, 1.165) is 24.8 Å². The largest absolute Gasteiger partial charge is 0.310 e. The number of thiophene rings is 1. The van der Waals surface area contributed by atoms with E-state index in [2.05, 4.69) is 30.8 Å². The monoisotopic (exact) mass is 330 g/mol. The van der Waals surface area contributed by atoms with Crippen molar-refractivity contribution >= 4 is 21.4 Å². The normalized spacial score (nSPS) is 17.9. The molecule has 1 aliphatic carbocycles. The molecule has 1 fully saturated rings. The van der Waals surface area contributed by atoms with Crippen molar-refractivity contribution in [3.05, 3.63) is 17.0 Å². The first-order valence-electron chi connectivity index (χ1n) is 7.67. The molecule has 0 radical (unpaired) electrons. The van der Waals surface area contributed by atoms with Gasteiger partial charge in [0.2, 0.25) is 10.0 Å². The molecular weight excluding hydrogens is 304 g/mol. The smallest absolute Gasteiger partial charge is 0.250 e. The zero-order valence-electron chi connectivity index (χ0n) is 13.1. The fourth-order valence-corrected chi connectivity index (χ4v) is 4.97. The van der Waals surface area contributed by atoms with Crippen molar-refractivity contribution in [1.82, 2.24) is 10.0 Å². The van der Waals surface area contributed by atoms with Crippen LogP contribution in [0.2, 0.25) is 0 Å². The Labute approximate surface area is 132 Å². The molecule has 1 saturated carbocycles. The third-order valence-corrected chi connectivity index (χ3v) is 7.30. The number of sulfonamides is 1. The maximum Gasteiger partial charge on any atom is 0.250 e. The van der Waals surface area contributed by atoms with Crippen molar-refractivity contribution < 1.29 is 8.42 Å². The molecule has 0 amide bonds. The molecule has 0 bridgehead atoms. The Morgan fingerprint density at radius 2 is 2.10 bits per heavy atom. The highest BCUT2D eigenvalue weighted by atomic mass is 32.2. The minimum atomic E-state index is -3.36. The number of nitrogens with one attached hydrogen (secondary N) is 2. The highest BCUT2D eigenvalue weighted by molar-refractivity contribution is 7.91. The van der Waals surface area contributed by atoms with E-state index in [-0.39, 0.29) is 5.41 Å². The van der Waals surface area contributed by atoms with E-state index in [1.165, 1.54) is 17.8 Å². The Balaban J connectivity index is 1.96. The molecule has 120 valence electrons. The van der Waals surface area contributed by atoms with Gasteiger partial charge in [0.1, 0.15) is 4.21 Å². The summed E-state index contributed by atoms with van der Waals surface area (Å²) in [5.74, 6) is 0. The predicted octanol–water partition coefficient (Wildman–Crippen LogP) is 3.10. The van der Waals surface area contributed by atoms with Gasteiger partial charge in [-0.15, -0.1) is 11.3 Å². The van der Waals surface area contributed by atoms with Crippen LogP contribution in [0.4, 0.5) is 0 Å². The van der Waals surface area contributed by atoms with Gasteiger partial charge >= 0.3 is 0 Å². The van der Waals surface area contributed by atoms with E-state index in [4.69, 9.17) is 0 Å². The van der Waals surface area contributed by atoms with Gasteiger partial charge in [0.15, 0.2) is 0 Å². The van der Waals surface area contributed by atoms with Crippen molar-refractivity contribution in [2.45, 2.75) is 63.3 Å². The molecule has 2 rings (SSSR count). The summed E-state index contributed by atoms with van der Waals surface area (Å²) in [5, 5.41) is 5.22. The van der Waals surface area contributed by atoms with Gasteiger partial charge in [-0.1, -0.05) is 27.2 Å². The van der Waals surface area contributed by atoms with E-state index >= 15 is 0 Å². The Morgan fingerprint density at radius 3 is 2.62 bits per heavy atom. The van der Waals surface area contributed by atoms with Gasteiger partial charge in [0.05, 0.1) is 0 Å². The lowest BCUT2D eigenvalue weighted by atomic mass is 9.67. The SMILES string of the molecule is CCC1(CNS(=O)(=O)c2cc(CNC(C)C)cs2)CCC1. The molecule has 0 aliphatic heterocycles. The zero-order valence-corrected chi connectivity index (χ0v) is 14.7. The van der Waals surface area contributed by atoms with Gasteiger partial charge in [-0.05, 0) is 41.7 Å². The third-order valence-electron chi connectivity index (χ3n) is 4.41. The summed E-state index contributed by atoms with van der Waals surface area (Å²) in [5.41, 5.74) is 1.23. The molecule has 0 saturated heterocycles. The van der Waals surface area contributed by atoms with Crippen LogP contribution in [0.5, 0.6) is 0 Å². The Morgan fingerprint density at radius 1 is 1.38 bits per heavy atom. The van der Waals surface area contributed by atoms with Crippen molar-refractivity contribution in [1.29, 1.82) is 0 Å². The molecule has 0 unspecified atom stereocenters. The Kier molecular flexibility index (Phi) is 5.46. The van der Waals surface area contributed by atoms with E-state index in [0.29, 0.717) is 23.3 Å². The summed E-state index contributed by atoms with van der Waals surface area (Å²) in [6, 6.07) is 2.17. The van der Waals surface area contributed by atoms with Crippen LogP contribution in [-0.2, 0) is 16.6 Å². The molecule has 4 nitrogen and oxygen atoms in total. The molecule has 1 aromatic rings. The molecule has 1 heterocycles. The standard InChI is InChI=1S/C15H26N2O2S2/c1-4-15(6-5-7-15)11-17-21(18,19)14-8-13(10-20-14)9-16-12(2)3/h8,10,12,16-17H,4-7,9,11H2,1-3H3. The first-order chi connectivity index (χ1) is 9.87. The average molecular weight is 331 g/mol. The molecule has 1 aromatic heterocycles. The summed E-state index contributed by atoms with van der Waals surface area (Å²) in [7, 11) is -3.36. The number of hydrogen-bond acceptors (Lipinski definition) is 4. The van der Waals surface area contributed by atoms with Crippen LogP contribution in [0.25, 0.3) is 0 Å². The van der Waals surface area contributed by atoms with Gasteiger partial charge in [-0.2, -0.15) is 0 Å². The van der Waals surface area contributed by atoms with Gasteiger partial charge in [0.25, 0.3) is 0 Å². The summed E-state index contributed by atoms with van der Waals surface area (Å²) in [6.07, 6.45) is 4.54. The van der Waals surface area contributed by atoms with Gasteiger partial charge < -0.3 is 5.32 Å². The summed E-state index contributed by atoms with van der Waals surface area (Å²) in [4.78, 5) is 0. The quantitative estimate of drug-likeness (QED) is 0.770. The first kappa shape index (κ1) is 16.9. The molecule has 2 N–H and O–H groups in total. The van der Waals surface area contributed by atoms with Crippen LogP contribution in [0.15, 0.2) is 15.7 Å². The second kappa shape index (κ2) is 6.77. The molecular formula is C15H26N2O2S2. The Bertz CT molecular complexity index is 554. The van der Waals surface area contributed by atoms with Crippen LogP contribution in [0.1, 0.15) is 52.0 Å². The summed E-state index contributed by atoms with van der Waals surface area (Å²) < 4.78 is 28.0. The lowest BCUT2D eigenvalue weighted by Gasteiger charge is -2.41. The molecule has 0 spiro atoms. The van der Waals surface area contributed by atoms with Crippen LogP contribution in [0, 0.1) is 5.41 Å². The predicted molar refractivity (Wildman–Crippen MR) is 88.1 cm³/mol. The van der Waals surface area contributed by atoms with Gasteiger partial charge in [-0.3, -0.25) is 0 Å². The van der Waals surface area contributed by atoms with Crippen molar-refractivity contribution in [3.8, 4) is 0 Å². The first-order valence-corrected chi connectivity index (χ1v) is 10.0. The van der Waals surface area contributed by atoms with Crippen LogP contribution < -0.4 is 10.0 Å². The lowest BCUT2D eigenvalue weighted by molar-refractivity contribution is 0.133. The summed E-state index contributed by atoms with van der Waals surface area (Å²) >= 11 is 1.30. The van der Waals surface area contributed by atoms with E-state index < -0.39 is 10.0 Å². The van der Waals surface area contributed by atoms with E-state index in [1.54, 1.807) is 6.07 Å². The fourth-order valence-electron chi connectivity index (χ4n) is 2.56. The molecule has 0 atom stereocenters. The van der Waals surface area contributed by atoms with Crippen LogP contribution in [0.3, 0.4) is 0 Å². The Hall–Kier alpha value is -0.430. The maximum atomic E-state index is 12.4. The average Bonchev–Trinajstić information content (AvgIpc) is 2.85. The zero-order chi connectivity index (χ0) is 15.5. The van der Waals surface area contributed by atoms with Gasteiger partial charge in [0, 0.05) is 19.1 Å². The second-order valence-corrected chi connectivity index (χ2v) is 9.25. The second-order valence-electron chi connectivity index (χ2n) is 6.34. The fraction of sp³-hybridized carbons (Fsp3) is 0.733. The minimum absolute atomic E-state index is 0.201. The number of rotatable bonds is 8. The molecule has 6 heteroatoms. The van der Waals surface area contributed by atoms with Crippen molar-refractivity contribution in [3.63, 3.8) is 0 Å². The van der Waals surface area contributed by atoms with Crippen LogP contribution >= 0.6 is 11.3 Å². The maximum absolute atomic E-state index is 12.4. The third kappa shape index (κ3) is 4.28. The van der Waals surface area contributed by atoms with Crippen LogP contribution in [-0.4, -0.2) is 21.0 Å².